The Labute approximate surface area is 389 Å². The number of hydrogen-bond acceptors (Lipinski definition) is 2. The van der Waals surface area contributed by atoms with E-state index in [9.17, 15) is 0 Å². The highest BCUT2D eigenvalue weighted by Crippen LogP contribution is 2.61. The van der Waals surface area contributed by atoms with Gasteiger partial charge in [-0.3, -0.25) is 0 Å². The number of hydrogen-bond donors (Lipinski definition) is 0. The van der Waals surface area contributed by atoms with Crippen LogP contribution in [0.5, 0.6) is 0 Å². The first kappa shape index (κ1) is 37.5. The number of fused-ring (bicyclic) bond motifs is 19. The van der Waals surface area contributed by atoms with Gasteiger partial charge >= 0.3 is 0 Å². The third kappa shape index (κ3) is 4.70. The van der Waals surface area contributed by atoms with Crippen molar-refractivity contribution in [2.45, 2.75) is 57.8 Å². The van der Waals surface area contributed by atoms with Gasteiger partial charge in [0.25, 0.3) is 0 Å². The van der Waals surface area contributed by atoms with Crippen LogP contribution in [-0.4, -0.2) is 0 Å². The van der Waals surface area contributed by atoms with E-state index in [1.165, 1.54) is 111 Å². The van der Waals surface area contributed by atoms with Crippen LogP contribution in [0.1, 0.15) is 74.9 Å². The highest BCUT2D eigenvalue weighted by molar-refractivity contribution is 6.14. The van der Waals surface area contributed by atoms with Crippen molar-refractivity contribution in [1.82, 2.24) is 0 Å². The Kier molecular flexibility index (Phi) is 6.94. The molecule has 67 heavy (non-hydrogen) atoms. The van der Waals surface area contributed by atoms with Gasteiger partial charge in [-0.2, -0.15) is 0 Å². The van der Waals surface area contributed by atoms with Crippen molar-refractivity contribution in [2.75, 3.05) is 0 Å². The third-order valence-corrected chi connectivity index (χ3v) is 16.6. The lowest BCUT2D eigenvalue weighted by Crippen LogP contribution is -2.17. The molecule has 0 N–H and O–H groups in total. The Morgan fingerprint density at radius 2 is 0.567 bits per heavy atom. The first-order valence-corrected chi connectivity index (χ1v) is 23.8. The average Bonchev–Trinajstić information content (AvgIpc) is 4.08. The van der Waals surface area contributed by atoms with Crippen LogP contribution in [0.25, 0.3) is 121 Å². The van der Waals surface area contributed by atoms with Crippen molar-refractivity contribution >= 4 is 65.4 Å². The standard InChI is InChI=1S/C65H46O2/c1-63(2)51-33-49-53(64(3,4)55-29-43(37-15-7-9-19-41(37)61(49)55)35-23-25-59-47(27-35)39-17-11-13-21-57(39)66-59)31-45(51)46-32-54-50(34-52(46)63)62-42-20-10-8-16-38(42)44(30-56(62)65(54,5)6)36-24-26-60-48(28-36)40-18-12-14-22-58(40)67-60/h7-34H,1-6H3. The fourth-order valence-electron chi connectivity index (χ4n) is 13.1. The summed E-state index contributed by atoms with van der Waals surface area (Å²) in [4.78, 5) is 0. The molecule has 318 valence electrons. The van der Waals surface area contributed by atoms with Gasteiger partial charge in [0.15, 0.2) is 0 Å². The molecule has 10 aromatic carbocycles. The largest absolute Gasteiger partial charge is 0.456 e. The maximum Gasteiger partial charge on any atom is 0.135 e. The Balaban J connectivity index is 0.895. The molecule has 15 rings (SSSR count). The Morgan fingerprint density at radius 3 is 1.00 bits per heavy atom. The van der Waals surface area contributed by atoms with Gasteiger partial charge in [-0.05, 0) is 183 Å². The van der Waals surface area contributed by atoms with Crippen LogP contribution < -0.4 is 0 Å². The lowest BCUT2D eigenvalue weighted by Gasteiger charge is -2.25. The second-order valence-electron chi connectivity index (χ2n) is 21.2. The molecular formula is C65H46O2. The molecule has 3 aliphatic carbocycles. The minimum Gasteiger partial charge on any atom is -0.456 e. The summed E-state index contributed by atoms with van der Waals surface area (Å²) in [6.07, 6.45) is 0. The summed E-state index contributed by atoms with van der Waals surface area (Å²) >= 11 is 0. The fraction of sp³-hybridized carbons (Fsp3) is 0.138. The maximum absolute atomic E-state index is 6.27. The van der Waals surface area contributed by atoms with E-state index in [0.717, 1.165) is 43.9 Å². The third-order valence-electron chi connectivity index (χ3n) is 16.6. The van der Waals surface area contributed by atoms with Gasteiger partial charge in [0.2, 0.25) is 0 Å². The van der Waals surface area contributed by atoms with Crippen LogP contribution in [0.2, 0.25) is 0 Å². The Morgan fingerprint density at radius 1 is 0.254 bits per heavy atom. The molecule has 0 bridgehead atoms. The summed E-state index contributed by atoms with van der Waals surface area (Å²) in [6.45, 7) is 14.7. The van der Waals surface area contributed by atoms with Gasteiger partial charge in [-0.25, -0.2) is 0 Å². The lowest BCUT2D eigenvalue weighted by molar-refractivity contribution is 0.649. The van der Waals surface area contributed by atoms with Crippen molar-refractivity contribution < 1.29 is 8.83 Å². The molecule has 0 radical (unpaired) electrons. The van der Waals surface area contributed by atoms with E-state index in [0.29, 0.717) is 0 Å². The number of rotatable bonds is 2. The molecule has 0 unspecified atom stereocenters. The van der Waals surface area contributed by atoms with Crippen molar-refractivity contribution in [3.8, 4) is 55.6 Å². The summed E-state index contributed by atoms with van der Waals surface area (Å²) in [6, 6.07) is 63.7. The first-order valence-electron chi connectivity index (χ1n) is 23.8. The molecule has 0 aliphatic heterocycles. The van der Waals surface area contributed by atoms with Gasteiger partial charge in [-0.15, -0.1) is 0 Å². The molecule has 0 fully saturated rings. The molecule has 2 heterocycles. The second-order valence-corrected chi connectivity index (χ2v) is 21.2. The van der Waals surface area contributed by atoms with E-state index in [-0.39, 0.29) is 16.2 Å². The lowest BCUT2D eigenvalue weighted by atomic mass is 9.78. The summed E-state index contributed by atoms with van der Waals surface area (Å²) in [5.74, 6) is 0. The van der Waals surface area contributed by atoms with Gasteiger partial charge in [-0.1, -0.05) is 139 Å². The zero-order valence-corrected chi connectivity index (χ0v) is 38.5. The molecule has 2 nitrogen and oxygen atoms in total. The molecule has 12 aromatic rings. The monoisotopic (exact) mass is 858 g/mol. The van der Waals surface area contributed by atoms with Crippen LogP contribution in [0.3, 0.4) is 0 Å². The Bertz CT molecular complexity index is 3970. The summed E-state index contributed by atoms with van der Waals surface area (Å²) in [5.41, 5.74) is 24.7. The second kappa shape index (κ2) is 12.4. The van der Waals surface area contributed by atoms with Gasteiger partial charge in [0.1, 0.15) is 22.3 Å². The van der Waals surface area contributed by atoms with E-state index in [1.807, 2.05) is 12.1 Å². The summed E-state index contributed by atoms with van der Waals surface area (Å²) in [7, 11) is 0. The fourth-order valence-corrected chi connectivity index (χ4v) is 13.1. The molecule has 2 aromatic heterocycles. The van der Waals surface area contributed by atoms with E-state index >= 15 is 0 Å². The van der Waals surface area contributed by atoms with Gasteiger partial charge in [0.05, 0.1) is 0 Å². The van der Waals surface area contributed by atoms with Crippen LogP contribution in [0, 0.1) is 0 Å². The van der Waals surface area contributed by atoms with Crippen molar-refractivity contribution in [1.29, 1.82) is 0 Å². The normalized spacial score (nSPS) is 15.7. The van der Waals surface area contributed by atoms with Crippen molar-refractivity contribution in [3.63, 3.8) is 0 Å². The van der Waals surface area contributed by atoms with E-state index in [2.05, 4.69) is 199 Å². The van der Waals surface area contributed by atoms with Crippen LogP contribution >= 0.6 is 0 Å². The van der Waals surface area contributed by atoms with E-state index in [4.69, 9.17) is 8.83 Å². The number of benzene rings is 10. The number of para-hydroxylation sites is 2. The first-order chi connectivity index (χ1) is 32.5. The number of furan rings is 2. The summed E-state index contributed by atoms with van der Waals surface area (Å²) < 4.78 is 12.5. The molecular weight excluding hydrogens is 813 g/mol. The van der Waals surface area contributed by atoms with Gasteiger partial charge < -0.3 is 8.83 Å². The van der Waals surface area contributed by atoms with Crippen LogP contribution in [0.4, 0.5) is 0 Å². The van der Waals surface area contributed by atoms with E-state index < -0.39 is 0 Å². The molecule has 0 saturated heterocycles. The molecule has 0 spiro atoms. The SMILES string of the molecule is CC1(C)c2cc3c(cc2-c2cc4c(cc21)-c1c(cc(-c2ccc5oc6ccccc6c5c2)c2ccccc12)C4(C)C)C(C)(C)c1cc(-c2ccc4oc5ccccc5c4c2)c2ccccc2c1-3. The maximum atomic E-state index is 6.27. The highest BCUT2D eigenvalue weighted by Gasteiger charge is 2.45. The molecule has 3 aliphatic rings. The summed E-state index contributed by atoms with van der Waals surface area (Å²) in [5, 5.41) is 9.82. The molecule has 2 heteroatoms. The average molecular weight is 859 g/mol. The Hall–Kier alpha value is -7.68. The predicted octanol–water partition coefficient (Wildman–Crippen LogP) is 18.0. The van der Waals surface area contributed by atoms with E-state index in [1.54, 1.807) is 0 Å². The molecule has 0 atom stereocenters. The van der Waals surface area contributed by atoms with Crippen molar-refractivity contribution in [2.24, 2.45) is 0 Å². The van der Waals surface area contributed by atoms with Crippen molar-refractivity contribution in [3.05, 3.63) is 203 Å². The van der Waals surface area contributed by atoms with Crippen LogP contribution in [-0.2, 0) is 16.2 Å². The van der Waals surface area contributed by atoms with Gasteiger partial charge in [0, 0.05) is 37.8 Å². The zero-order valence-electron chi connectivity index (χ0n) is 38.5. The molecule has 0 saturated carbocycles. The molecule has 0 amide bonds. The smallest absolute Gasteiger partial charge is 0.135 e. The van der Waals surface area contributed by atoms with Crippen LogP contribution in [0.15, 0.2) is 179 Å². The minimum absolute atomic E-state index is 0.203. The minimum atomic E-state index is -0.217. The zero-order chi connectivity index (χ0) is 44.9. The predicted molar refractivity (Wildman–Crippen MR) is 280 cm³/mol. The highest BCUT2D eigenvalue weighted by atomic mass is 16.3. The topological polar surface area (TPSA) is 26.3 Å². The quantitative estimate of drug-likeness (QED) is 0.173.